The highest BCUT2D eigenvalue weighted by atomic mass is 32.2. The monoisotopic (exact) mass is 378 g/mol. The lowest BCUT2D eigenvalue weighted by molar-refractivity contribution is 0.585. The lowest BCUT2D eigenvalue weighted by Gasteiger charge is -2.02. The molecule has 128 valence electrons. The summed E-state index contributed by atoms with van der Waals surface area (Å²) in [6.45, 7) is 1.74. The predicted molar refractivity (Wildman–Crippen MR) is 92.5 cm³/mol. The van der Waals surface area contributed by atoms with E-state index in [9.17, 15) is 17.2 Å². The van der Waals surface area contributed by atoms with Gasteiger partial charge in [0.25, 0.3) is 10.0 Å². The molecule has 0 bridgehead atoms. The minimum Gasteiger partial charge on any atom is -0.302 e. The molecule has 3 aromatic rings. The van der Waals surface area contributed by atoms with Crippen molar-refractivity contribution in [1.82, 2.24) is 4.57 Å². The van der Waals surface area contributed by atoms with Crippen molar-refractivity contribution >= 4 is 31.6 Å². The number of fused-ring (bicyclic) bond motifs is 1. The number of aryl methyl sites for hydroxylation is 1. The van der Waals surface area contributed by atoms with E-state index >= 15 is 0 Å². The van der Waals surface area contributed by atoms with E-state index in [4.69, 9.17) is 6.42 Å². The van der Waals surface area contributed by atoms with Crippen LogP contribution in [0.3, 0.4) is 0 Å². The van der Waals surface area contributed by atoms with Crippen LogP contribution in [0.1, 0.15) is 5.56 Å². The fourth-order valence-corrected chi connectivity index (χ4v) is 4.57. The third-order valence-electron chi connectivity index (χ3n) is 3.46. The van der Waals surface area contributed by atoms with Crippen molar-refractivity contribution in [1.29, 1.82) is 0 Å². The molecule has 2 aromatic carbocycles. The number of terminal acetylenes is 1. The molecule has 0 amide bonds. The molecule has 4 nitrogen and oxygen atoms in total. The molecule has 1 aromatic heterocycles. The van der Waals surface area contributed by atoms with E-state index in [1.807, 2.05) is 6.92 Å². The van der Waals surface area contributed by atoms with Crippen LogP contribution in [-0.4, -0.2) is 13.0 Å². The lowest BCUT2D eigenvalue weighted by atomic mass is 10.2. The van der Waals surface area contributed by atoms with Gasteiger partial charge in [0.1, 0.15) is 5.82 Å². The molecule has 1 heterocycles. The summed E-state index contributed by atoms with van der Waals surface area (Å²) in [5.41, 5.74) is 0.933. The van der Waals surface area contributed by atoms with Gasteiger partial charge in [0.05, 0.1) is 21.7 Å². The highest BCUT2D eigenvalue weighted by Gasteiger charge is 2.17. The molecule has 0 spiro atoms. The second kappa shape index (κ2) is 6.43. The van der Waals surface area contributed by atoms with Crippen LogP contribution < -0.4 is 4.80 Å². The molecule has 0 unspecified atom stereocenters. The molecule has 0 saturated carbocycles. The molecule has 0 aliphatic rings. The highest BCUT2D eigenvalue weighted by Crippen LogP contribution is 2.23. The third-order valence-corrected chi connectivity index (χ3v) is 5.88. The summed E-state index contributed by atoms with van der Waals surface area (Å²) in [5.74, 6) is 0.751. The van der Waals surface area contributed by atoms with Gasteiger partial charge in [-0.05, 0) is 25.1 Å². The summed E-state index contributed by atoms with van der Waals surface area (Å²) in [4.78, 5) is -0.00695. The number of rotatable bonds is 3. The second-order valence-corrected chi connectivity index (χ2v) is 7.90. The van der Waals surface area contributed by atoms with Crippen LogP contribution in [0.4, 0.5) is 8.78 Å². The average molecular weight is 378 g/mol. The summed E-state index contributed by atoms with van der Waals surface area (Å²) in [6.07, 6.45) is 5.30. The molecule has 3 rings (SSSR count). The number of sulfonamides is 1. The molecule has 8 heteroatoms. The van der Waals surface area contributed by atoms with E-state index in [0.717, 1.165) is 29.0 Å². The van der Waals surface area contributed by atoms with Gasteiger partial charge in [0, 0.05) is 6.07 Å². The van der Waals surface area contributed by atoms with Gasteiger partial charge in [-0.2, -0.15) is 8.42 Å². The standard InChI is InChI=1S/C17H12F2N2O2S2/c1-3-8-21-16-14(19)9-12(18)10-15(16)24-17(21)20-25(22,23)13-6-4-11(2)5-7-13/h1,4-7,9-10H,8H2,2H3. The molecule has 0 aliphatic heterocycles. The van der Waals surface area contributed by atoms with Crippen LogP contribution >= 0.6 is 11.3 Å². The van der Waals surface area contributed by atoms with Crippen molar-refractivity contribution in [3.63, 3.8) is 0 Å². The number of hydrogen-bond acceptors (Lipinski definition) is 3. The number of aromatic nitrogens is 1. The molecule has 25 heavy (non-hydrogen) atoms. The summed E-state index contributed by atoms with van der Waals surface area (Å²) in [5, 5.41) is 0. The van der Waals surface area contributed by atoms with Crippen molar-refractivity contribution in [3.8, 4) is 12.3 Å². The fraction of sp³-hybridized carbons (Fsp3) is 0.118. The molecule has 0 atom stereocenters. The number of benzene rings is 2. The maximum Gasteiger partial charge on any atom is 0.285 e. The minimum atomic E-state index is -4.01. The van der Waals surface area contributed by atoms with Gasteiger partial charge in [-0.25, -0.2) is 8.78 Å². The van der Waals surface area contributed by atoms with Gasteiger partial charge >= 0.3 is 0 Å². The van der Waals surface area contributed by atoms with Crippen LogP contribution in [0.15, 0.2) is 45.7 Å². The third kappa shape index (κ3) is 3.34. The van der Waals surface area contributed by atoms with Gasteiger partial charge in [-0.3, -0.25) is 0 Å². The molecular weight excluding hydrogens is 366 g/mol. The van der Waals surface area contributed by atoms with E-state index in [1.165, 1.54) is 16.7 Å². The van der Waals surface area contributed by atoms with E-state index in [-0.39, 0.29) is 26.5 Å². The Hall–Kier alpha value is -2.50. The summed E-state index contributed by atoms with van der Waals surface area (Å²) >= 11 is 0.858. The Morgan fingerprint density at radius 3 is 2.56 bits per heavy atom. The average Bonchev–Trinajstić information content (AvgIpc) is 2.85. The summed E-state index contributed by atoms with van der Waals surface area (Å²) in [6, 6.07) is 8.02. The first-order valence-corrected chi connectivity index (χ1v) is 9.37. The fourth-order valence-electron chi connectivity index (χ4n) is 2.30. The molecule has 0 radical (unpaired) electrons. The van der Waals surface area contributed by atoms with E-state index in [2.05, 4.69) is 10.3 Å². The van der Waals surface area contributed by atoms with Gasteiger partial charge < -0.3 is 4.57 Å². The number of halogens is 2. The quantitative estimate of drug-likeness (QED) is 0.657. The largest absolute Gasteiger partial charge is 0.302 e. The van der Waals surface area contributed by atoms with Crippen LogP contribution in [0.25, 0.3) is 10.2 Å². The van der Waals surface area contributed by atoms with Crippen molar-refractivity contribution in [3.05, 3.63) is 58.4 Å². The Balaban J connectivity index is 2.29. The normalized spacial score (nSPS) is 12.5. The maximum atomic E-state index is 14.1. The Labute approximate surface area is 147 Å². The number of thiazole rings is 1. The van der Waals surface area contributed by atoms with Gasteiger partial charge in [-0.1, -0.05) is 35.0 Å². The van der Waals surface area contributed by atoms with Gasteiger partial charge in [-0.15, -0.1) is 10.8 Å². The zero-order valence-corrected chi connectivity index (χ0v) is 14.7. The number of hydrogen-bond donors (Lipinski definition) is 0. The van der Waals surface area contributed by atoms with Crippen molar-refractivity contribution in [2.75, 3.05) is 0 Å². The Bertz CT molecular complexity index is 1170. The maximum absolute atomic E-state index is 14.1. The Morgan fingerprint density at radius 1 is 1.24 bits per heavy atom. The smallest absolute Gasteiger partial charge is 0.285 e. The van der Waals surface area contributed by atoms with E-state index in [0.29, 0.717) is 0 Å². The predicted octanol–water partition coefficient (Wildman–Crippen LogP) is 3.21. The molecule has 0 fully saturated rings. The van der Waals surface area contributed by atoms with Crippen LogP contribution in [-0.2, 0) is 16.6 Å². The second-order valence-electron chi connectivity index (χ2n) is 5.29. The van der Waals surface area contributed by atoms with Gasteiger partial charge in [0.2, 0.25) is 4.80 Å². The van der Waals surface area contributed by atoms with Crippen LogP contribution in [0.5, 0.6) is 0 Å². The summed E-state index contributed by atoms with van der Waals surface area (Å²) < 4.78 is 57.8. The SMILES string of the molecule is C#CCn1c(=NS(=O)(=O)c2ccc(C)cc2)sc2cc(F)cc(F)c21. The van der Waals surface area contributed by atoms with E-state index < -0.39 is 21.7 Å². The molecule has 0 N–H and O–H groups in total. The Kier molecular flexibility index (Phi) is 4.45. The van der Waals surface area contributed by atoms with Crippen LogP contribution in [0.2, 0.25) is 0 Å². The Morgan fingerprint density at radius 2 is 1.92 bits per heavy atom. The minimum absolute atomic E-state index is 0.00877. The summed E-state index contributed by atoms with van der Waals surface area (Å²) in [7, 11) is -4.01. The zero-order valence-electron chi connectivity index (χ0n) is 13.0. The molecule has 0 saturated heterocycles. The van der Waals surface area contributed by atoms with Crippen molar-refractivity contribution in [2.24, 2.45) is 4.40 Å². The lowest BCUT2D eigenvalue weighted by Crippen LogP contribution is -2.17. The van der Waals surface area contributed by atoms with Crippen LogP contribution in [0, 0.1) is 30.9 Å². The first-order chi connectivity index (χ1) is 11.8. The number of nitrogens with zero attached hydrogens (tertiary/aromatic N) is 2. The molecular formula is C17H12F2N2O2S2. The first kappa shape index (κ1) is 17.3. The zero-order chi connectivity index (χ0) is 18.2. The topological polar surface area (TPSA) is 51.4 Å². The van der Waals surface area contributed by atoms with Crippen molar-refractivity contribution < 1.29 is 17.2 Å². The highest BCUT2D eigenvalue weighted by molar-refractivity contribution is 7.90. The molecule has 0 aliphatic carbocycles. The van der Waals surface area contributed by atoms with Gasteiger partial charge in [0.15, 0.2) is 5.82 Å². The van der Waals surface area contributed by atoms with E-state index in [1.54, 1.807) is 12.1 Å². The first-order valence-electron chi connectivity index (χ1n) is 7.11. The van der Waals surface area contributed by atoms with Crippen molar-refractivity contribution in [2.45, 2.75) is 18.4 Å².